The Kier molecular flexibility index (Phi) is 5.56. The number of methoxy groups -OCH3 is 1. The van der Waals surface area contributed by atoms with Gasteiger partial charge in [0.15, 0.2) is 6.61 Å². The predicted octanol–water partition coefficient (Wildman–Crippen LogP) is 0.576. The minimum Gasteiger partial charge on any atom is -0.496 e. The minimum atomic E-state index is -0.608. The smallest absolute Gasteiger partial charge is 0.342 e. The van der Waals surface area contributed by atoms with Gasteiger partial charge < -0.3 is 20.1 Å². The zero-order chi connectivity index (χ0) is 16.8. The second-order valence-corrected chi connectivity index (χ2v) is 5.33. The highest BCUT2D eigenvalue weighted by Gasteiger charge is 2.26. The molecule has 2 N–H and O–H groups in total. The van der Waals surface area contributed by atoms with Gasteiger partial charge in [0.25, 0.3) is 5.91 Å². The molecule has 124 valence electrons. The van der Waals surface area contributed by atoms with Crippen molar-refractivity contribution in [1.29, 1.82) is 0 Å². The molecule has 1 aromatic rings. The van der Waals surface area contributed by atoms with Gasteiger partial charge in [-0.2, -0.15) is 0 Å². The maximum Gasteiger partial charge on any atom is 0.342 e. The van der Waals surface area contributed by atoms with E-state index in [2.05, 4.69) is 0 Å². The molecule has 0 unspecified atom stereocenters. The fraction of sp³-hybridized carbons (Fsp3) is 0.438. The van der Waals surface area contributed by atoms with Crippen molar-refractivity contribution in [2.24, 2.45) is 11.7 Å². The molecule has 0 saturated carbocycles. The molecular weight excluding hydrogens is 300 g/mol. The number of likely N-dealkylation sites (tertiary alicyclic amines) is 1. The number of nitrogens with two attached hydrogens (primary N) is 1. The molecule has 7 heteroatoms. The zero-order valence-electron chi connectivity index (χ0n) is 13.0. The Bertz CT molecular complexity index is 594. The van der Waals surface area contributed by atoms with Crippen molar-refractivity contribution >= 4 is 17.8 Å². The van der Waals surface area contributed by atoms with Crippen LogP contribution in [-0.2, 0) is 14.3 Å². The Morgan fingerprint density at radius 1 is 1.22 bits per heavy atom. The van der Waals surface area contributed by atoms with E-state index in [1.807, 2.05) is 0 Å². The molecule has 0 aromatic heterocycles. The summed E-state index contributed by atoms with van der Waals surface area (Å²) in [5, 5.41) is 0. The maximum absolute atomic E-state index is 12.1. The Morgan fingerprint density at radius 2 is 1.87 bits per heavy atom. The van der Waals surface area contributed by atoms with Gasteiger partial charge in [-0.25, -0.2) is 4.79 Å². The molecule has 23 heavy (non-hydrogen) atoms. The summed E-state index contributed by atoms with van der Waals surface area (Å²) in [5.74, 6) is -1.01. The Labute approximate surface area is 134 Å². The molecule has 2 amide bonds. The number of para-hydroxylation sites is 1. The average Bonchev–Trinajstić information content (AvgIpc) is 2.59. The number of esters is 1. The molecule has 7 nitrogen and oxygen atoms in total. The van der Waals surface area contributed by atoms with Crippen LogP contribution in [0.25, 0.3) is 0 Å². The van der Waals surface area contributed by atoms with Crippen molar-refractivity contribution in [2.75, 3.05) is 26.8 Å². The molecule has 0 spiro atoms. The van der Waals surface area contributed by atoms with Crippen LogP contribution in [0, 0.1) is 5.92 Å². The third kappa shape index (κ3) is 4.21. The lowest BCUT2D eigenvalue weighted by atomic mass is 9.96. The highest BCUT2D eigenvalue weighted by atomic mass is 16.5. The second-order valence-electron chi connectivity index (χ2n) is 5.33. The van der Waals surface area contributed by atoms with Crippen molar-refractivity contribution in [3.8, 4) is 5.75 Å². The number of ether oxygens (including phenoxy) is 2. The second kappa shape index (κ2) is 7.62. The summed E-state index contributed by atoms with van der Waals surface area (Å²) in [7, 11) is 1.46. The number of carbonyl (C=O) groups excluding carboxylic acids is 3. The van der Waals surface area contributed by atoms with Crippen LogP contribution in [-0.4, -0.2) is 49.5 Å². The van der Waals surface area contributed by atoms with Crippen LogP contribution in [0.5, 0.6) is 5.75 Å². The van der Waals surface area contributed by atoms with Crippen LogP contribution in [0.1, 0.15) is 23.2 Å². The Hall–Kier alpha value is -2.57. The summed E-state index contributed by atoms with van der Waals surface area (Å²) in [6.07, 6.45) is 1.09. The van der Waals surface area contributed by atoms with Gasteiger partial charge in [-0.15, -0.1) is 0 Å². The van der Waals surface area contributed by atoms with Crippen LogP contribution in [0.15, 0.2) is 24.3 Å². The van der Waals surface area contributed by atoms with Gasteiger partial charge in [0.2, 0.25) is 5.91 Å². The number of carbonyl (C=O) groups is 3. The van der Waals surface area contributed by atoms with E-state index in [0.717, 1.165) is 0 Å². The molecule has 2 rings (SSSR count). The molecule has 1 aliphatic rings. The molecule has 1 heterocycles. The van der Waals surface area contributed by atoms with Gasteiger partial charge in [0, 0.05) is 19.0 Å². The first-order chi connectivity index (χ1) is 11.0. The van der Waals surface area contributed by atoms with Gasteiger partial charge in [0.1, 0.15) is 11.3 Å². The van der Waals surface area contributed by atoms with Crippen molar-refractivity contribution in [3.63, 3.8) is 0 Å². The third-order valence-electron chi connectivity index (χ3n) is 3.90. The molecule has 1 aliphatic heterocycles. The molecule has 0 bridgehead atoms. The number of rotatable bonds is 5. The number of amides is 2. The van der Waals surface area contributed by atoms with E-state index in [9.17, 15) is 14.4 Å². The molecular formula is C16H20N2O5. The van der Waals surface area contributed by atoms with Crippen molar-refractivity contribution in [3.05, 3.63) is 29.8 Å². The van der Waals surface area contributed by atoms with Crippen LogP contribution in [0.3, 0.4) is 0 Å². The first kappa shape index (κ1) is 16.8. The highest BCUT2D eigenvalue weighted by molar-refractivity contribution is 5.94. The predicted molar refractivity (Wildman–Crippen MR) is 81.8 cm³/mol. The molecule has 0 radical (unpaired) electrons. The van der Waals surface area contributed by atoms with Gasteiger partial charge >= 0.3 is 5.97 Å². The number of hydrogen-bond acceptors (Lipinski definition) is 5. The van der Waals surface area contributed by atoms with E-state index in [0.29, 0.717) is 31.7 Å². The lowest BCUT2D eigenvalue weighted by Gasteiger charge is -2.30. The van der Waals surface area contributed by atoms with Gasteiger partial charge in [-0.1, -0.05) is 12.1 Å². The van der Waals surface area contributed by atoms with Crippen molar-refractivity contribution < 1.29 is 23.9 Å². The highest BCUT2D eigenvalue weighted by Crippen LogP contribution is 2.19. The number of piperidine rings is 1. The van der Waals surface area contributed by atoms with E-state index in [1.54, 1.807) is 29.2 Å². The lowest BCUT2D eigenvalue weighted by molar-refractivity contribution is -0.137. The van der Waals surface area contributed by atoms with E-state index in [1.165, 1.54) is 7.11 Å². The topological polar surface area (TPSA) is 98.9 Å². The van der Waals surface area contributed by atoms with Crippen LogP contribution in [0.4, 0.5) is 0 Å². The van der Waals surface area contributed by atoms with E-state index < -0.39 is 5.97 Å². The van der Waals surface area contributed by atoms with Crippen LogP contribution >= 0.6 is 0 Å². The standard InChI is InChI=1S/C16H20N2O5/c1-22-13-5-3-2-4-12(13)16(21)23-10-14(19)18-8-6-11(7-9-18)15(17)20/h2-5,11H,6-10H2,1H3,(H2,17,20). The van der Waals surface area contributed by atoms with Gasteiger partial charge in [-0.05, 0) is 25.0 Å². The van der Waals surface area contributed by atoms with Gasteiger partial charge in [-0.3, -0.25) is 9.59 Å². The molecule has 1 aromatic carbocycles. The summed E-state index contributed by atoms with van der Waals surface area (Å²) in [6.45, 7) is 0.551. The first-order valence-corrected chi connectivity index (χ1v) is 7.40. The number of hydrogen-bond donors (Lipinski definition) is 1. The third-order valence-corrected chi connectivity index (χ3v) is 3.90. The molecule has 1 fully saturated rings. The van der Waals surface area contributed by atoms with Crippen molar-refractivity contribution in [2.45, 2.75) is 12.8 Å². The van der Waals surface area contributed by atoms with Crippen LogP contribution < -0.4 is 10.5 Å². The quantitative estimate of drug-likeness (QED) is 0.800. The summed E-state index contributed by atoms with van der Waals surface area (Å²) >= 11 is 0. The monoisotopic (exact) mass is 320 g/mol. The number of primary amides is 1. The largest absolute Gasteiger partial charge is 0.496 e. The normalized spacial score (nSPS) is 15.1. The SMILES string of the molecule is COc1ccccc1C(=O)OCC(=O)N1CCC(C(N)=O)CC1. The zero-order valence-corrected chi connectivity index (χ0v) is 13.0. The van der Waals surface area contributed by atoms with E-state index >= 15 is 0 Å². The summed E-state index contributed by atoms with van der Waals surface area (Å²) in [5.41, 5.74) is 5.53. The van der Waals surface area contributed by atoms with E-state index in [4.69, 9.17) is 15.2 Å². The molecule has 0 aliphatic carbocycles. The Balaban J connectivity index is 1.85. The molecule has 0 atom stereocenters. The van der Waals surface area contributed by atoms with Crippen molar-refractivity contribution in [1.82, 2.24) is 4.90 Å². The van der Waals surface area contributed by atoms with E-state index in [-0.39, 0.29) is 29.9 Å². The number of benzene rings is 1. The minimum absolute atomic E-state index is 0.185. The fourth-order valence-electron chi connectivity index (χ4n) is 2.52. The fourth-order valence-corrected chi connectivity index (χ4v) is 2.52. The maximum atomic E-state index is 12.1. The summed E-state index contributed by atoms with van der Waals surface area (Å²) < 4.78 is 10.1. The van der Waals surface area contributed by atoms with Crippen LogP contribution in [0.2, 0.25) is 0 Å². The Morgan fingerprint density at radius 3 is 2.48 bits per heavy atom. The van der Waals surface area contributed by atoms with Gasteiger partial charge in [0.05, 0.1) is 7.11 Å². The lowest BCUT2D eigenvalue weighted by Crippen LogP contribution is -2.43. The first-order valence-electron chi connectivity index (χ1n) is 7.40. The number of nitrogens with zero attached hydrogens (tertiary/aromatic N) is 1. The average molecular weight is 320 g/mol. The summed E-state index contributed by atoms with van der Waals surface area (Å²) in [6, 6.07) is 6.65. The molecule has 1 saturated heterocycles. The summed E-state index contributed by atoms with van der Waals surface area (Å²) in [4.78, 5) is 36.8.